The predicted octanol–water partition coefficient (Wildman–Crippen LogP) is 3.76. The number of hydrogen-bond acceptors (Lipinski definition) is 2. The van der Waals surface area contributed by atoms with E-state index in [9.17, 15) is 0 Å². The number of rotatable bonds is 5. The Morgan fingerprint density at radius 3 is 2.20 bits per heavy atom. The fourth-order valence-electron chi connectivity index (χ4n) is 1.09. The highest BCUT2D eigenvalue weighted by molar-refractivity contribution is 6.40. The zero-order valence-electron chi connectivity index (χ0n) is 8.10. The Kier molecular flexibility index (Phi) is 5.54. The van der Waals surface area contributed by atoms with Crippen LogP contribution in [0.2, 0.25) is 15.1 Å². The highest BCUT2D eigenvalue weighted by Crippen LogP contribution is 2.35. The van der Waals surface area contributed by atoms with Gasteiger partial charge < -0.3 is 10.5 Å². The third-order valence-corrected chi connectivity index (χ3v) is 2.59. The number of unbranched alkanes of at least 4 members (excludes halogenated alkanes) is 1. The van der Waals surface area contributed by atoms with Crippen LogP contribution < -0.4 is 10.5 Å². The summed E-state index contributed by atoms with van der Waals surface area (Å²) in [5.74, 6) is 0.486. The summed E-state index contributed by atoms with van der Waals surface area (Å²) in [6.45, 7) is 1.21. The first kappa shape index (κ1) is 12.9. The maximum Gasteiger partial charge on any atom is 0.156 e. The second-order valence-corrected chi connectivity index (χ2v) is 4.29. The highest BCUT2D eigenvalue weighted by Gasteiger charge is 2.08. The molecule has 0 radical (unpaired) electrons. The Morgan fingerprint density at radius 1 is 1.07 bits per heavy atom. The molecular formula is C10H12Cl3NO. The zero-order chi connectivity index (χ0) is 11.3. The lowest BCUT2D eigenvalue weighted by molar-refractivity contribution is 0.308. The maximum absolute atomic E-state index is 5.93. The van der Waals surface area contributed by atoms with Crippen LogP contribution in [0, 0.1) is 0 Å². The van der Waals surface area contributed by atoms with Crippen LogP contribution in [0.3, 0.4) is 0 Å². The van der Waals surface area contributed by atoms with E-state index >= 15 is 0 Å². The molecule has 0 saturated heterocycles. The van der Waals surface area contributed by atoms with E-state index in [1.807, 2.05) is 0 Å². The van der Waals surface area contributed by atoms with Gasteiger partial charge in [0.1, 0.15) is 0 Å². The molecule has 1 aromatic carbocycles. The number of benzene rings is 1. The molecule has 0 spiro atoms. The minimum atomic E-state index is 0.431. The molecule has 0 atom stereocenters. The van der Waals surface area contributed by atoms with E-state index in [1.165, 1.54) is 0 Å². The summed E-state index contributed by atoms with van der Waals surface area (Å²) < 4.78 is 5.45. The van der Waals surface area contributed by atoms with Crippen LogP contribution in [0.15, 0.2) is 12.1 Å². The number of ether oxygens (including phenoxy) is 1. The average molecular weight is 269 g/mol. The van der Waals surface area contributed by atoms with Crippen LogP contribution >= 0.6 is 34.8 Å². The molecule has 0 aromatic heterocycles. The van der Waals surface area contributed by atoms with Crippen molar-refractivity contribution in [1.82, 2.24) is 0 Å². The monoisotopic (exact) mass is 267 g/mol. The van der Waals surface area contributed by atoms with Gasteiger partial charge in [0, 0.05) is 5.02 Å². The Morgan fingerprint density at radius 2 is 1.67 bits per heavy atom. The van der Waals surface area contributed by atoms with E-state index < -0.39 is 0 Å². The molecule has 2 N–H and O–H groups in total. The van der Waals surface area contributed by atoms with Gasteiger partial charge in [-0.15, -0.1) is 0 Å². The highest BCUT2D eigenvalue weighted by atomic mass is 35.5. The normalized spacial score (nSPS) is 10.4. The Hall–Kier alpha value is -0.150. The fourth-order valence-corrected chi connectivity index (χ4v) is 2.01. The first-order valence-electron chi connectivity index (χ1n) is 4.62. The standard InChI is InChI=1S/C10H12Cl3NO/c11-7-5-8(12)10(9(13)6-7)15-4-2-1-3-14/h5-6H,1-4,14H2. The van der Waals surface area contributed by atoms with Crippen molar-refractivity contribution in [3.05, 3.63) is 27.2 Å². The van der Waals surface area contributed by atoms with E-state index in [0.29, 0.717) is 34.0 Å². The minimum absolute atomic E-state index is 0.431. The summed E-state index contributed by atoms with van der Waals surface area (Å²) >= 11 is 17.6. The van der Waals surface area contributed by atoms with Crippen LogP contribution in [0.1, 0.15) is 12.8 Å². The van der Waals surface area contributed by atoms with Crippen molar-refractivity contribution < 1.29 is 4.74 Å². The van der Waals surface area contributed by atoms with Crippen LogP contribution in [0.4, 0.5) is 0 Å². The van der Waals surface area contributed by atoms with Crippen molar-refractivity contribution in [2.75, 3.05) is 13.2 Å². The lowest BCUT2D eigenvalue weighted by Gasteiger charge is -2.09. The SMILES string of the molecule is NCCCCOc1c(Cl)cc(Cl)cc1Cl. The van der Waals surface area contributed by atoms with Gasteiger partial charge in [0.25, 0.3) is 0 Å². The topological polar surface area (TPSA) is 35.2 Å². The Labute approximate surface area is 104 Å². The van der Waals surface area contributed by atoms with Crippen LogP contribution in [0.25, 0.3) is 0 Å². The molecule has 0 amide bonds. The van der Waals surface area contributed by atoms with Gasteiger partial charge in [-0.25, -0.2) is 0 Å². The van der Waals surface area contributed by atoms with Gasteiger partial charge in [0.15, 0.2) is 5.75 Å². The fraction of sp³-hybridized carbons (Fsp3) is 0.400. The summed E-state index contributed by atoms with van der Waals surface area (Å²) in [7, 11) is 0. The van der Waals surface area contributed by atoms with Gasteiger partial charge in [0.05, 0.1) is 16.7 Å². The Balaban J connectivity index is 2.60. The first-order valence-corrected chi connectivity index (χ1v) is 5.76. The number of halogens is 3. The number of nitrogens with two attached hydrogens (primary N) is 1. The third kappa shape index (κ3) is 4.07. The van der Waals surface area contributed by atoms with Crippen molar-refractivity contribution >= 4 is 34.8 Å². The molecule has 0 unspecified atom stereocenters. The maximum atomic E-state index is 5.93. The van der Waals surface area contributed by atoms with Crippen molar-refractivity contribution in [1.29, 1.82) is 0 Å². The lowest BCUT2D eigenvalue weighted by atomic mass is 10.3. The summed E-state index contributed by atoms with van der Waals surface area (Å²) in [5, 5.41) is 1.36. The quantitative estimate of drug-likeness (QED) is 0.825. The molecule has 0 aliphatic carbocycles. The molecule has 0 fully saturated rings. The summed E-state index contributed by atoms with van der Waals surface area (Å²) in [5.41, 5.74) is 5.36. The molecule has 0 saturated carbocycles. The molecule has 84 valence electrons. The van der Waals surface area contributed by atoms with Gasteiger partial charge in [-0.05, 0) is 31.5 Å². The van der Waals surface area contributed by atoms with Gasteiger partial charge in [-0.1, -0.05) is 34.8 Å². The molecular weight excluding hydrogens is 256 g/mol. The molecule has 1 aromatic rings. The smallest absolute Gasteiger partial charge is 0.156 e. The van der Waals surface area contributed by atoms with E-state index in [-0.39, 0.29) is 0 Å². The van der Waals surface area contributed by atoms with Crippen LogP contribution in [0.5, 0.6) is 5.75 Å². The molecule has 1 rings (SSSR count). The van der Waals surface area contributed by atoms with Crippen molar-refractivity contribution in [3.8, 4) is 5.75 Å². The molecule has 0 aliphatic heterocycles. The van der Waals surface area contributed by atoms with Crippen molar-refractivity contribution in [2.45, 2.75) is 12.8 Å². The van der Waals surface area contributed by atoms with Gasteiger partial charge in [-0.2, -0.15) is 0 Å². The predicted molar refractivity (Wildman–Crippen MR) is 65.3 cm³/mol. The summed E-state index contributed by atoms with van der Waals surface area (Å²) in [6.07, 6.45) is 1.80. The number of hydrogen-bond donors (Lipinski definition) is 1. The first-order chi connectivity index (χ1) is 7.15. The van der Waals surface area contributed by atoms with Gasteiger partial charge in [-0.3, -0.25) is 0 Å². The minimum Gasteiger partial charge on any atom is -0.490 e. The Bertz CT molecular complexity index is 307. The second-order valence-electron chi connectivity index (χ2n) is 3.04. The third-order valence-electron chi connectivity index (χ3n) is 1.81. The van der Waals surface area contributed by atoms with Gasteiger partial charge >= 0.3 is 0 Å². The van der Waals surface area contributed by atoms with E-state index in [0.717, 1.165) is 12.8 Å². The van der Waals surface area contributed by atoms with E-state index in [2.05, 4.69) is 0 Å². The zero-order valence-corrected chi connectivity index (χ0v) is 10.4. The van der Waals surface area contributed by atoms with E-state index in [4.69, 9.17) is 45.3 Å². The summed E-state index contributed by atoms with van der Waals surface area (Å²) in [4.78, 5) is 0. The van der Waals surface area contributed by atoms with Crippen LogP contribution in [-0.2, 0) is 0 Å². The largest absolute Gasteiger partial charge is 0.490 e. The lowest BCUT2D eigenvalue weighted by Crippen LogP contribution is -2.03. The molecule has 0 bridgehead atoms. The van der Waals surface area contributed by atoms with Gasteiger partial charge in [0.2, 0.25) is 0 Å². The molecule has 2 nitrogen and oxygen atoms in total. The van der Waals surface area contributed by atoms with Crippen LogP contribution in [-0.4, -0.2) is 13.2 Å². The van der Waals surface area contributed by atoms with E-state index in [1.54, 1.807) is 12.1 Å². The van der Waals surface area contributed by atoms with Crippen molar-refractivity contribution in [3.63, 3.8) is 0 Å². The molecule has 5 heteroatoms. The molecule has 15 heavy (non-hydrogen) atoms. The molecule has 0 aliphatic rings. The summed E-state index contributed by atoms with van der Waals surface area (Å²) in [6, 6.07) is 3.21. The van der Waals surface area contributed by atoms with Crippen molar-refractivity contribution in [2.24, 2.45) is 5.73 Å². The second kappa shape index (κ2) is 6.44. The molecule has 0 heterocycles. The average Bonchev–Trinajstić information content (AvgIpc) is 2.15.